The second kappa shape index (κ2) is 7.03. The largest absolute Gasteiger partial charge is 0.377 e. The van der Waals surface area contributed by atoms with E-state index >= 15 is 0 Å². The van der Waals surface area contributed by atoms with Crippen LogP contribution in [0.25, 0.3) is 22.0 Å². The standard InChI is InChI=1S/C23H26N4O2S/c1-16-15-29-13-12-27(16)22-25-20(14-21(26-22)23(10-11-23)30(2,24)28)19-9-5-7-17-6-3-4-8-18(17)19/h3-9,14,16,24H,10-13,15H2,1-2H3/t16-,30-/m1/s1. The second-order valence-electron chi connectivity index (χ2n) is 8.42. The highest BCUT2D eigenvalue weighted by Gasteiger charge is 2.53. The zero-order valence-corrected chi connectivity index (χ0v) is 18.1. The van der Waals surface area contributed by atoms with E-state index in [4.69, 9.17) is 19.5 Å². The average molecular weight is 423 g/mol. The van der Waals surface area contributed by atoms with Crippen LogP contribution in [0.15, 0.2) is 48.5 Å². The molecule has 2 fully saturated rings. The van der Waals surface area contributed by atoms with Crippen LogP contribution in [0.3, 0.4) is 0 Å². The van der Waals surface area contributed by atoms with Crippen molar-refractivity contribution < 1.29 is 8.95 Å². The summed E-state index contributed by atoms with van der Waals surface area (Å²) in [5.74, 6) is 0.640. The summed E-state index contributed by atoms with van der Waals surface area (Å²) in [4.78, 5) is 12.0. The molecule has 156 valence electrons. The smallest absolute Gasteiger partial charge is 0.226 e. The highest BCUT2D eigenvalue weighted by atomic mass is 32.2. The van der Waals surface area contributed by atoms with E-state index < -0.39 is 14.5 Å². The fourth-order valence-electron chi connectivity index (χ4n) is 4.37. The minimum absolute atomic E-state index is 0.159. The minimum atomic E-state index is -2.78. The normalized spacial score (nSPS) is 22.6. The molecule has 5 rings (SSSR count). The minimum Gasteiger partial charge on any atom is -0.377 e. The van der Waals surface area contributed by atoms with E-state index in [1.54, 1.807) is 0 Å². The zero-order valence-electron chi connectivity index (χ0n) is 17.3. The van der Waals surface area contributed by atoms with Gasteiger partial charge in [-0.05, 0) is 36.6 Å². The van der Waals surface area contributed by atoms with Gasteiger partial charge in [-0.2, -0.15) is 0 Å². The van der Waals surface area contributed by atoms with Crippen molar-refractivity contribution in [1.82, 2.24) is 9.97 Å². The lowest BCUT2D eigenvalue weighted by molar-refractivity contribution is 0.0980. The van der Waals surface area contributed by atoms with Crippen LogP contribution in [0.1, 0.15) is 25.5 Å². The molecule has 0 radical (unpaired) electrons. The van der Waals surface area contributed by atoms with Crippen molar-refractivity contribution in [2.45, 2.75) is 30.6 Å². The predicted octanol–water partition coefficient (Wildman–Crippen LogP) is 4.19. The number of hydrogen-bond acceptors (Lipinski definition) is 6. The van der Waals surface area contributed by atoms with Crippen molar-refractivity contribution in [3.05, 3.63) is 54.2 Å². The molecule has 2 aromatic carbocycles. The number of benzene rings is 2. The number of fused-ring (bicyclic) bond motifs is 1. The SMILES string of the molecule is C[C@@H]1COCCN1c1nc(-c2cccc3ccccc23)cc(C2([S@](C)(=N)=O)CC2)n1. The molecule has 0 unspecified atom stereocenters. The number of hydrogen-bond donors (Lipinski definition) is 1. The van der Waals surface area contributed by atoms with E-state index in [1.807, 2.05) is 24.3 Å². The first kappa shape index (κ1) is 19.5. The van der Waals surface area contributed by atoms with Gasteiger partial charge in [0.05, 0.1) is 45.1 Å². The Bertz CT molecular complexity index is 1220. The average Bonchev–Trinajstić information content (AvgIpc) is 3.56. The van der Waals surface area contributed by atoms with Gasteiger partial charge in [-0.15, -0.1) is 0 Å². The maximum absolute atomic E-state index is 12.9. The molecule has 1 aromatic heterocycles. The molecule has 0 bridgehead atoms. The Labute approximate surface area is 177 Å². The van der Waals surface area contributed by atoms with E-state index in [0.717, 1.165) is 47.1 Å². The third-order valence-electron chi connectivity index (χ3n) is 6.32. The number of aromatic nitrogens is 2. The third kappa shape index (κ3) is 3.17. The highest BCUT2D eigenvalue weighted by Crippen LogP contribution is 2.52. The van der Waals surface area contributed by atoms with Crippen LogP contribution >= 0.6 is 0 Å². The summed E-state index contributed by atoms with van der Waals surface area (Å²) in [5.41, 5.74) is 2.58. The Hall–Kier alpha value is -2.51. The molecule has 0 spiro atoms. The van der Waals surface area contributed by atoms with Gasteiger partial charge in [-0.25, -0.2) is 14.2 Å². The Kier molecular flexibility index (Phi) is 4.56. The molecule has 1 saturated heterocycles. The van der Waals surface area contributed by atoms with Gasteiger partial charge in [0.2, 0.25) is 5.95 Å². The van der Waals surface area contributed by atoms with Crippen LogP contribution in [0.5, 0.6) is 0 Å². The number of nitrogens with zero attached hydrogens (tertiary/aromatic N) is 3. The van der Waals surface area contributed by atoms with E-state index in [2.05, 4.69) is 36.1 Å². The van der Waals surface area contributed by atoms with Gasteiger partial charge in [0.15, 0.2) is 0 Å². The van der Waals surface area contributed by atoms with Gasteiger partial charge in [0.25, 0.3) is 0 Å². The Morgan fingerprint density at radius 3 is 2.67 bits per heavy atom. The van der Waals surface area contributed by atoms with Crippen molar-refractivity contribution in [2.75, 3.05) is 30.9 Å². The van der Waals surface area contributed by atoms with E-state index in [1.165, 1.54) is 6.26 Å². The highest BCUT2D eigenvalue weighted by molar-refractivity contribution is 7.92. The monoisotopic (exact) mass is 422 g/mol. The number of anilines is 1. The summed E-state index contributed by atoms with van der Waals surface area (Å²) >= 11 is 0. The summed E-state index contributed by atoms with van der Waals surface area (Å²) in [5, 5.41) is 2.27. The molecule has 1 N–H and O–H groups in total. The van der Waals surface area contributed by atoms with Gasteiger partial charge in [0.1, 0.15) is 0 Å². The van der Waals surface area contributed by atoms with Crippen LogP contribution in [0.4, 0.5) is 5.95 Å². The molecule has 0 amide bonds. The first-order chi connectivity index (χ1) is 14.4. The van der Waals surface area contributed by atoms with Gasteiger partial charge in [0, 0.05) is 18.4 Å². The summed E-state index contributed by atoms with van der Waals surface area (Å²) in [6.07, 6.45) is 3.00. The number of morpholine rings is 1. The molecule has 1 aliphatic carbocycles. The number of nitrogens with one attached hydrogen (secondary N) is 1. The molecule has 6 nitrogen and oxygen atoms in total. The maximum atomic E-state index is 12.9. The van der Waals surface area contributed by atoms with Gasteiger partial charge < -0.3 is 9.64 Å². The zero-order chi connectivity index (χ0) is 20.9. The number of rotatable bonds is 4. The van der Waals surface area contributed by atoms with Crippen molar-refractivity contribution in [3.8, 4) is 11.3 Å². The Morgan fingerprint density at radius 1 is 1.17 bits per heavy atom. The van der Waals surface area contributed by atoms with Crippen LogP contribution < -0.4 is 4.90 Å². The van der Waals surface area contributed by atoms with Gasteiger partial charge in [-0.3, -0.25) is 4.78 Å². The Morgan fingerprint density at radius 2 is 1.93 bits per heavy atom. The first-order valence-electron chi connectivity index (χ1n) is 10.3. The summed E-state index contributed by atoms with van der Waals surface area (Å²) in [6.45, 7) is 4.09. The molecule has 2 atom stereocenters. The summed E-state index contributed by atoms with van der Waals surface area (Å²) < 4.78 is 26.1. The molecule has 1 aliphatic heterocycles. The molecule has 2 heterocycles. The van der Waals surface area contributed by atoms with Gasteiger partial charge in [-0.1, -0.05) is 42.5 Å². The summed E-state index contributed by atoms with van der Waals surface area (Å²) in [7, 11) is -2.78. The fraction of sp³-hybridized carbons (Fsp3) is 0.391. The van der Waals surface area contributed by atoms with Crippen LogP contribution in [0, 0.1) is 4.78 Å². The second-order valence-corrected chi connectivity index (χ2v) is 10.9. The molecule has 30 heavy (non-hydrogen) atoms. The first-order valence-corrected chi connectivity index (χ1v) is 12.3. The lowest BCUT2D eigenvalue weighted by atomic mass is 10.0. The quantitative estimate of drug-likeness (QED) is 0.682. The Balaban J connectivity index is 1.73. The number of ether oxygens (including phenoxy) is 1. The fourth-order valence-corrected chi connectivity index (χ4v) is 5.75. The van der Waals surface area contributed by atoms with Gasteiger partial charge >= 0.3 is 0 Å². The van der Waals surface area contributed by atoms with Crippen LogP contribution in [-0.2, 0) is 19.2 Å². The van der Waals surface area contributed by atoms with E-state index in [9.17, 15) is 4.21 Å². The van der Waals surface area contributed by atoms with E-state index in [-0.39, 0.29) is 6.04 Å². The lowest BCUT2D eigenvalue weighted by Gasteiger charge is -2.34. The molecule has 2 aliphatic rings. The molecular formula is C23H26N4O2S. The van der Waals surface area contributed by atoms with Crippen LogP contribution in [0.2, 0.25) is 0 Å². The predicted molar refractivity (Wildman–Crippen MR) is 120 cm³/mol. The molecule has 7 heteroatoms. The van der Waals surface area contributed by atoms with E-state index in [0.29, 0.717) is 19.2 Å². The topological polar surface area (TPSA) is 79.2 Å². The van der Waals surface area contributed by atoms with Crippen LogP contribution in [-0.4, -0.2) is 46.2 Å². The van der Waals surface area contributed by atoms with Crippen molar-refractivity contribution in [1.29, 1.82) is 4.78 Å². The maximum Gasteiger partial charge on any atom is 0.226 e. The third-order valence-corrected chi connectivity index (χ3v) is 8.43. The molecular weight excluding hydrogens is 396 g/mol. The lowest BCUT2D eigenvalue weighted by Crippen LogP contribution is -2.44. The van der Waals surface area contributed by atoms with Crippen molar-refractivity contribution in [3.63, 3.8) is 0 Å². The van der Waals surface area contributed by atoms with Crippen molar-refractivity contribution in [2.24, 2.45) is 0 Å². The molecule has 1 saturated carbocycles. The summed E-state index contributed by atoms with van der Waals surface area (Å²) in [6, 6.07) is 16.6. The molecule has 3 aromatic rings. The van der Waals surface area contributed by atoms with Crippen molar-refractivity contribution >= 4 is 26.4 Å².